The van der Waals surface area contributed by atoms with Gasteiger partial charge in [0.1, 0.15) is 5.41 Å². The Morgan fingerprint density at radius 1 is 1.58 bits per heavy atom. The minimum atomic E-state index is -0.680. The SMILES string of the molecule is CCc1noc(C(C)(C)C#N)n1. The van der Waals surface area contributed by atoms with Crippen molar-refractivity contribution >= 4 is 0 Å². The van der Waals surface area contributed by atoms with Gasteiger partial charge < -0.3 is 4.52 Å². The Hall–Kier alpha value is -1.37. The van der Waals surface area contributed by atoms with Crippen LogP contribution in [0.5, 0.6) is 0 Å². The molecule has 0 atom stereocenters. The second-order valence-electron chi connectivity index (χ2n) is 3.11. The summed E-state index contributed by atoms with van der Waals surface area (Å²) in [7, 11) is 0. The largest absolute Gasteiger partial charge is 0.338 e. The van der Waals surface area contributed by atoms with E-state index in [4.69, 9.17) is 9.78 Å². The molecule has 0 aliphatic carbocycles. The Labute approximate surface area is 71.2 Å². The van der Waals surface area contributed by atoms with Gasteiger partial charge in [-0.15, -0.1) is 0 Å². The van der Waals surface area contributed by atoms with Gasteiger partial charge in [-0.2, -0.15) is 10.2 Å². The Bertz CT molecular complexity index is 308. The summed E-state index contributed by atoms with van der Waals surface area (Å²) < 4.78 is 4.93. The molecule has 0 aliphatic heterocycles. The first-order chi connectivity index (χ1) is 5.60. The average molecular weight is 165 g/mol. The van der Waals surface area contributed by atoms with Gasteiger partial charge in [0.25, 0.3) is 0 Å². The summed E-state index contributed by atoms with van der Waals surface area (Å²) in [5.41, 5.74) is -0.680. The summed E-state index contributed by atoms with van der Waals surface area (Å²) in [5.74, 6) is 1.04. The first-order valence-corrected chi connectivity index (χ1v) is 3.84. The van der Waals surface area contributed by atoms with Crippen LogP contribution >= 0.6 is 0 Å². The van der Waals surface area contributed by atoms with Crippen molar-refractivity contribution in [2.75, 3.05) is 0 Å². The summed E-state index contributed by atoms with van der Waals surface area (Å²) in [6, 6.07) is 2.10. The zero-order valence-electron chi connectivity index (χ0n) is 7.46. The lowest BCUT2D eigenvalue weighted by Crippen LogP contribution is -2.14. The molecule has 0 aromatic carbocycles. The lowest BCUT2D eigenvalue weighted by atomic mass is 9.96. The molecular weight excluding hydrogens is 154 g/mol. The molecule has 0 radical (unpaired) electrons. The van der Waals surface area contributed by atoms with Crippen molar-refractivity contribution in [1.29, 1.82) is 5.26 Å². The van der Waals surface area contributed by atoms with Gasteiger partial charge in [0, 0.05) is 6.42 Å². The van der Waals surface area contributed by atoms with Gasteiger partial charge in [0.15, 0.2) is 5.82 Å². The van der Waals surface area contributed by atoms with Crippen molar-refractivity contribution < 1.29 is 4.52 Å². The first kappa shape index (κ1) is 8.72. The molecule has 1 rings (SSSR count). The normalized spacial score (nSPS) is 11.2. The number of nitriles is 1. The monoisotopic (exact) mass is 165 g/mol. The summed E-state index contributed by atoms with van der Waals surface area (Å²) in [6.45, 7) is 5.44. The molecule has 1 aromatic rings. The molecule has 64 valence electrons. The highest BCUT2D eigenvalue weighted by Crippen LogP contribution is 2.19. The number of rotatable bonds is 2. The van der Waals surface area contributed by atoms with Gasteiger partial charge in [-0.05, 0) is 13.8 Å². The number of aryl methyl sites for hydroxylation is 1. The van der Waals surface area contributed by atoms with Gasteiger partial charge in [-0.25, -0.2) is 0 Å². The van der Waals surface area contributed by atoms with Crippen LogP contribution in [0.4, 0.5) is 0 Å². The van der Waals surface area contributed by atoms with Gasteiger partial charge in [0.2, 0.25) is 5.89 Å². The molecule has 4 nitrogen and oxygen atoms in total. The minimum absolute atomic E-state index is 0.391. The highest BCUT2D eigenvalue weighted by Gasteiger charge is 2.26. The Morgan fingerprint density at radius 3 is 2.67 bits per heavy atom. The van der Waals surface area contributed by atoms with Crippen LogP contribution < -0.4 is 0 Å². The van der Waals surface area contributed by atoms with Crippen molar-refractivity contribution in [1.82, 2.24) is 10.1 Å². The predicted molar refractivity (Wildman–Crippen MR) is 42.3 cm³/mol. The quantitative estimate of drug-likeness (QED) is 0.665. The van der Waals surface area contributed by atoms with E-state index in [1.165, 1.54) is 0 Å². The molecule has 4 heteroatoms. The summed E-state index contributed by atoms with van der Waals surface area (Å²) in [4.78, 5) is 4.07. The van der Waals surface area contributed by atoms with Crippen LogP contribution in [0.3, 0.4) is 0 Å². The fraction of sp³-hybridized carbons (Fsp3) is 0.625. The Balaban J connectivity index is 2.98. The smallest absolute Gasteiger partial charge is 0.246 e. The lowest BCUT2D eigenvalue weighted by molar-refractivity contribution is 0.337. The molecule has 0 spiro atoms. The third-order valence-corrected chi connectivity index (χ3v) is 1.60. The standard InChI is InChI=1S/C8H11N3O/c1-4-6-10-7(12-11-6)8(2,3)5-9/h4H2,1-3H3. The van der Waals surface area contributed by atoms with E-state index in [9.17, 15) is 0 Å². The second-order valence-corrected chi connectivity index (χ2v) is 3.11. The zero-order chi connectivity index (χ0) is 9.19. The average Bonchev–Trinajstić information content (AvgIpc) is 2.52. The van der Waals surface area contributed by atoms with Crippen LogP contribution in [0.25, 0.3) is 0 Å². The highest BCUT2D eigenvalue weighted by atomic mass is 16.5. The topological polar surface area (TPSA) is 62.7 Å². The molecule has 0 fully saturated rings. The first-order valence-electron chi connectivity index (χ1n) is 3.84. The van der Waals surface area contributed by atoms with E-state index >= 15 is 0 Å². The fourth-order valence-electron chi connectivity index (χ4n) is 0.699. The zero-order valence-corrected chi connectivity index (χ0v) is 7.46. The van der Waals surface area contributed by atoms with E-state index in [-0.39, 0.29) is 0 Å². The number of nitrogens with zero attached hydrogens (tertiary/aromatic N) is 3. The molecule has 12 heavy (non-hydrogen) atoms. The summed E-state index contributed by atoms with van der Waals surface area (Å²) in [5, 5.41) is 12.5. The fourth-order valence-corrected chi connectivity index (χ4v) is 0.699. The van der Waals surface area contributed by atoms with E-state index in [0.717, 1.165) is 6.42 Å². The Kier molecular flexibility index (Phi) is 2.13. The van der Waals surface area contributed by atoms with Crippen molar-refractivity contribution in [2.24, 2.45) is 0 Å². The van der Waals surface area contributed by atoms with Crippen molar-refractivity contribution in [2.45, 2.75) is 32.6 Å². The second kappa shape index (κ2) is 2.94. The summed E-state index contributed by atoms with van der Waals surface area (Å²) in [6.07, 6.45) is 0.727. The Morgan fingerprint density at radius 2 is 2.25 bits per heavy atom. The van der Waals surface area contributed by atoms with E-state index in [0.29, 0.717) is 11.7 Å². The third-order valence-electron chi connectivity index (χ3n) is 1.60. The molecule has 0 amide bonds. The van der Waals surface area contributed by atoms with Crippen molar-refractivity contribution in [3.05, 3.63) is 11.7 Å². The molecule has 0 aliphatic rings. The number of hydrogen-bond donors (Lipinski definition) is 0. The number of hydrogen-bond acceptors (Lipinski definition) is 4. The van der Waals surface area contributed by atoms with E-state index in [2.05, 4.69) is 16.2 Å². The molecule has 0 saturated carbocycles. The van der Waals surface area contributed by atoms with Crippen molar-refractivity contribution in [3.8, 4) is 6.07 Å². The molecular formula is C8H11N3O. The molecule has 0 saturated heterocycles. The van der Waals surface area contributed by atoms with E-state index in [1.54, 1.807) is 13.8 Å². The molecule has 0 N–H and O–H groups in total. The number of aromatic nitrogens is 2. The van der Waals surface area contributed by atoms with E-state index < -0.39 is 5.41 Å². The van der Waals surface area contributed by atoms with Crippen LogP contribution in [-0.4, -0.2) is 10.1 Å². The highest BCUT2D eigenvalue weighted by molar-refractivity contribution is 5.13. The molecule has 0 unspecified atom stereocenters. The third kappa shape index (κ3) is 1.45. The minimum Gasteiger partial charge on any atom is -0.338 e. The van der Waals surface area contributed by atoms with Gasteiger partial charge in [-0.1, -0.05) is 12.1 Å². The molecule has 0 bridgehead atoms. The maximum atomic E-state index is 8.75. The lowest BCUT2D eigenvalue weighted by Gasteiger charge is -2.06. The van der Waals surface area contributed by atoms with Crippen LogP contribution in [0.2, 0.25) is 0 Å². The van der Waals surface area contributed by atoms with Crippen LogP contribution in [0.15, 0.2) is 4.52 Å². The van der Waals surface area contributed by atoms with Crippen molar-refractivity contribution in [3.63, 3.8) is 0 Å². The summed E-state index contributed by atoms with van der Waals surface area (Å²) >= 11 is 0. The maximum Gasteiger partial charge on any atom is 0.246 e. The van der Waals surface area contributed by atoms with Crippen LogP contribution in [0, 0.1) is 11.3 Å². The van der Waals surface area contributed by atoms with Gasteiger partial charge in [0.05, 0.1) is 6.07 Å². The maximum absolute atomic E-state index is 8.75. The van der Waals surface area contributed by atoms with Gasteiger partial charge in [-0.3, -0.25) is 0 Å². The predicted octanol–water partition coefficient (Wildman–Crippen LogP) is 1.43. The molecule has 1 heterocycles. The molecule has 1 aromatic heterocycles. The van der Waals surface area contributed by atoms with E-state index in [1.807, 2.05) is 6.92 Å². The van der Waals surface area contributed by atoms with Crippen LogP contribution in [0.1, 0.15) is 32.5 Å². The van der Waals surface area contributed by atoms with Crippen LogP contribution in [-0.2, 0) is 11.8 Å². The van der Waals surface area contributed by atoms with Gasteiger partial charge >= 0.3 is 0 Å².